The highest BCUT2D eigenvalue weighted by Gasteiger charge is 2.23. The van der Waals surface area contributed by atoms with Crippen LogP contribution >= 0.6 is 0 Å². The number of carbonyl (C=O) groups is 2. The van der Waals surface area contributed by atoms with Crippen LogP contribution in [0.5, 0.6) is 0 Å². The fraction of sp³-hybridized carbons (Fsp3) is 0.500. The molecule has 1 aliphatic rings. The molecule has 2 aromatic rings. The zero-order chi connectivity index (χ0) is 18.5. The zero-order valence-corrected chi connectivity index (χ0v) is 15.7. The van der Waals surface area contributed by atoms with Gasteiger partial charge in [-0.3, -0.25) is 14.5 Å². The second kappa shape index (κ2) is 8.36. The highest BCUT2D eigenvalue weighted by molar-refractivity contribution is 5.90. The van der Waals surface area contributed by atoms with Gasteiger partial charge >= 0.3 is 0 Å². The number of aromatic nitrogens is 1. The number of benzene rings is 1. The Kier molecular flexibility index (Phi) is 5.93. The van der Waals surface area contributed by atoms with Gasteiger partial charge in [0.25, 0.3) is 0 Å². The van der Waals surface area contributed by atoms with Crippen LogP contribution in [0.2, 0.25) is 0 Å². The van der Waals surface area contributed by atoms with Gasteiger partial charge in [-0.2, -0.15) is 0 Å². The maximum atomic E-state index is 12.7. The molecule has 2 N–H and O–H groups in total. The van der Waals surface area contributed by atoms with Crippen molar-refractivity contribution in [3.63, 3.8) is 0 Å². The Bertz CT molecular complexity index is 775. The zero-order valence-electron chi connectivity index (χ0n) is 15.7. The van der Waals surface area contributed by atoms with Gasteiger partial charge in [0.1, 0.15) is 0 Å². The first kappa shape index (κ1) is 18.5. The summed E-state index contributed by atoms with van der Waals surface area (Å²) in [6.45, 7) is 8.07. The maximum Gasteiger partial charge on any atom is 0.234 e. The van der Waals surface area contributed by atoms with Crippen molar-refractivity contribution in [1.29, 1.82) is 0 Å². The van der Waals surface area contributed by atoms with Gasteiger partial charge in [-0.25, -0.2) is 0 Å². The summed E-state index contributed by atoms with van der Waals surface area (Å²) in [4.78, 5) is 32.0. The number of amides is 2. The normalized spacial score (nSPS) is 15.4. The van der Waals surface area contributed by atoms with Crippen molar-refractivity contribution in [3.8, 4) is 0 Å². The third-order valence-corrected chi connectivity index (χ3v) is 5.02. The molecule has 1 aliphatic heterocycles. The Morgan fingerprint density at radius 2 is 1.88 bits per heavy atom. The Morgan fingerprint density at radius 1 is 1.15 bits per heavy atom. The fourth-order valence-corrected chi connectivity index (χ4v) is 3.50. The molecule has 140 valence electrons. The van der Waals surface area contributed by atoms with Crippen molar-refractivity contribution < 1.29 is 9.59 Å². The number of hydrogen-bond acceptors (Lipinski definition) is 3. The van der Waals surface area contributed by atoms with E-state index < -0.39 is 0 Å². The van der Waals surface area contributed by atoms with E-state index in [1.807, 2.05) is 36.9 Å². The summed E-state index contributed by atoms with van der Waals surface area (Å²) in [5, 5.41) is 4.03. The highest BCUT2D eigenvalue weighted by Crippen LogP contribution is 2.23. The summed E-state index contributed by atoms with van der Waals surface area (Å²) in [5.41, 5.74) is 3.23. The standard InChI is InChI=1S/C20H28N4O2/c1-3-8-21-19(25)14-23-9-11-24(12-10-23)20(26)13-17-15(2)22-18-7-5-4-6-16(17)18/h4-7,22H,3,8-14H2,1-2H3,(H,21,25). The number of piperazine rings is 1. The average Bonchev–Trinajstić information content (AvgIpc) is 2.96. The number of carbonyl (C=O) groups excluding carboxylic acids is 2. The lowest BCUT2D eigenvalue weighted by atomic mass is 10.1. The van der Waals surface area contributed by atoms with Crippen molar-refractivity contribution in [2.24, 2.45) is 0 Å². The van der Waals surface area contributed by atoms with E-state index in [1.165, 1.54) is 0 Å². The van der Waals surface area contributed by atoms with Crippen molar-refractivity contribution >= 4 is 22.7 Å². The van der Waals surface area contributed by atoms with E-state index in [9.17, 15) is 9.59 Å². The molecule has 1 saturated heterocycles. The lowest BCUT2D eigenvalue weighted by Gasteiger charge is -2.34. The SMILES string of the molecule is CCCNC(=O)CN1CCN(C(=O)Cc2c(C)[nH]c3ccccc23)CC1. The highest BCUT2D eigenvalue weighted by atomic mass is 16.2. The first-order chi connectivity index (χ1) is 12.6. The monoisotopic (exact) mass is 356 g/mol. The minimum Gasteiger partial charge on any atom is -0.358 e. The molecule has 0 atom stereocenters. The lowest BCUT2D eigenvalue weighted by molar-refractivity contribution is -0.132. The molecule has 0 spiro atoms. The van der Waals surface area contributed by atoms with Crippen LogP contribution in [0.15, 0.2) is 24.3 Å². The predicted molar refractivity (Wildman–Crippen MR) is 103 cm³/mol. The average molecular weight is 356 g/mol. The van der Waals surface area contributed by atoms with E-state index in [0.717, 1.165) is 48.2 Å². The number of para-hydroxylation sites is 1. The van der Waals surface area contributed by atoms with Crippen LogP contribution in [0, 0.1) is 6.92 Å². The number of rotatable bonds is 6. The summed E-state index contributed by atoms with van der Waals surface area (Å²) in [6, 6.07) is 8.11. The number of nitrogens with zero attached hydrogens (tertiary/aromatic N) is 2. The third-order valence-electron chi connectivity index (χ3n) is 5.02. The van der Waals surface area contributed by atoms with E-state index in [4.69, 9.17) is 0 Å². The third kappa shape index (κ3) is 4.25. The van der Waals surface area contributed by atoms with Gasteiger partial charge in [0, 0.05) is 49.3 Å². The van der Waals surface area contributed by atoms with Gasteiger partial charge in [-0.15, -0.1) is 0 Å². The molecular formula is C20H28N4O2. The molecule has 6 heteroatoms. The van der Waals surface area contributed by atoms with Crippen molar-refractivity contribution in [2.45, 2.75) is 26.7 Å². The van der Waals surface area contributed by atoms with Crippen molar-refractivity contribution in [3.05, 3.63) is 35.5 Å². The van der Waals surface area contributed by atoms with E-state index in [2.05, 4.69) is 21.3 Å². The summed E-state index contributed by atoms with van der Waals surface area (Å²) >= 11 is 0. The number of nitrogens with one attached hydrogen (secondary N) is 2. The molecule has 1 aromatic heterocycles. The minimum absolute atomic E-state index is 0.0704. The number of hydrogen-bond donors (Lipinski definition) is 2. The van der Waals surface area contributed by atoms with E-state index in [1.54, 1.807) is 0 Å². The van der Waals surface area contributed by atoms with Crippen LogP contribution in [-0.2, 0) is 16.0 Å². The van der Waals surface area contributed by atoms with Crippen LogP contribution in [0.25, 0.3) is 10.9 Å². The predicted octanol–water partition coefficient (Wildman–Crippen LogP) is 1.69. The summed E-state index contributed by atoms with van der Waals surface area (Å²) in [5.74, 6) is 0.231. The molecule has 2 amide bonds. The molecule has 0 aliphatic carbocycles. The van der Waals surface area contributed by atoms with Gasteiger partial charge in [0.05, 0.1) is 13.0 Å². The van der Waals surface area contributed by atoms with Crippen LogP contribution in [0.1, 0.15) is 24.6 Å². The van der Waals surface area contributed by atoms with Crippen molar-refractivity contribution in [1.82, 2.24) is 20.1 Å². The molecule has 1 fully saturated rings. The molecule has 0 radical (unpaired) electrons. The summed E-state index contributed by atoms with van der Waals surface area (Å²) < 4.78 is 0. The van der Waals surface area contributed by atoms with Crippen LogP contribution < -0.4 is 5.32 Å². The van der Waals surface area contributed by atoms with Crippen LogP contribution in [0.4, 0.5) is 0 Å². The van der Waals surface area contributed by atoms with Gasteiger partial charge in [-0.1, -0.05) is 25.1 Å². The Morgan fingerprint density at radius 3 is 2.62 bits per heavy atom. The first-order valence-electron chi connectivity index (χ1n) is 9.41. The molecule has 3 rings (SSSR count). The second-order valence-electron chi connectivity index (χ2n) is 6.96. The quantitative estimate of drug-likeness (QED) is 0.828. The van der Waals surface area contributed by atoms with Gasteiger partial charge in [0.2, 0.25) is 11.8 Å². The fourth-order valence-electron chi connectivity index (χ4n) is 3.50. The summed E-state index contributed by atoms with van der Waals surface area (Å²) in [7, 11) is 0. The first-order valence-corrected chi connectivity index (χ1v) is 9.41. The maximum absolute atomic E-state index is 12.7. The molecule has 2 heterocycles. The van der Waals surface area contributed by atoms with E-state index >= 15 is 0 Å². The topological polar surface area (TPSA) is 68.4 Å². The Labute approximate surface area is 154 Å². The number of H-pyrrole nitrogens is 1. The van der Waals surface area contributed by atoms with E-state index in [-0.39, 0.29) is 11.8 Å². The van der Waals surface area contributed by atoms with E-state index in [0.29, 0.717) is 26.1 Å². The molecule has 6 nitrogen and oxygen atoms in total. The Balaban J connectivity index is 1.54. The molecule has 1 aromatic carbocycles. The van der Waals surface area contributed by atoms with Gasteiger partial charge in [-0.05, 0) is 25.0 Å². The van der Waals surface area contributed by atoms with Crippen LogP contribution in [0.3, 0.4) is 0 Å². The number of aromatic amines is 1. The van der Waals surface area contributed by atoms with Crippen molar-refractivity contribution in [2.75, 3.05) is 39.3 Å². The molecule has 0 saturated carbocycles. The minimum atomic E-state index is 0.0704. The largest absolute Gasteiger partial charge is 0.358 e. The second-order valence-corrected chi connectivity index (χ2v) is 6.96. The summed E-state index contributed by atoms with van der Waals surface area (Å²) in [6.07, 6.45) is 1.37. The lowest BCUT2D eigenvalue weighted by Crippen LogP contribution is -2.51. The Hall–Kier alpha value is -2.34. The number of fused-ring (bicyclic) bond motifs is 1. The molecule has 0 bridgehead atoms. The van der Waals surface area contributed by atoms with Gasteiger partial charge in [0.15, 0.2) is 0 Å². The molecule has 0 unspecified atom stereocenters. The molecular weight excluding hydrogens is 328 g/mol. The van der Waals surface area contributed by atoms with Gasteiger partial charge < -0.3 is 15.2 Å². The molecule has 26 heavy (non-hydrogen) atoms. The number of aryl methyl sites for hydroxylation is 1. The smallest absolute Gasteiger partial charge is 0.234 e. The van der Waals surface area contributed by atoms with Crippen LogP contribution in [-0.4, -0.2) is 65.9 Å².